The number of hydrogen-bond acceptors (Lipinski definition) is 4. The van der Waals surface area contributed by atoms with E-state index in [4.69, 9.17) is 0 Å². The summed E-state index contributed by atoms with van der Waals surface area (Å²) in [4.78, 5) is 8.82. The van der Waals surface area contributed by atoms with Gasteiger partial charge in [-0.2, -0.15) is 5.10 Å². The zero-order valence-corrected chi connectivity index (χ0v) is 16.5. The van der Waals surface area contributed by atoms with Crippen LogP contribution in [0.2, 0.25) is 0 Å². The second kappa shape index (κ2) is 9.09. The summed E-state index contributed by atoms with van der Waals surface area (Å²) in [6.07, 6.45) is 1.79. The lowest BCUT2D eigenvalue weighted by atomic mass is 10.2. The van der Waals surface area contributed by atoms with Crippen molar-refractivity contribution < 1.29 is 0 Å². The Hall–Kier alpha value is -1.16. The van der Waals surface area contributed by atoms with Gasteiger partial charge in [-0.15, -0.1) is 35.3 Å². The maximum absolute atomic E-state index is 4.60. The number of aliphatic imine (C=N–C) groups is 1. The average molecular weight is 434 g/mol. The van der Waals surface area contributed by atoms with Gasteiger partial charge in [-0.3, -0.25) is 9.67 Å². The van der Waals surface area contributed by atoms with Gasteiger partial charge in [-0.05, 0) is 12.0 Å². The molecule has 2 aromatic rings. The van der Waals surface area contributed by atoms with Crippen LogP contribution in [0.5, 0.6) is 0 Å². The predicted molar refractivity (Wildman–Crippen MR) is 102 cm³/mol. The third-order valence-electron chi connectivity index (χ3n) is 3.15. The van der Waals surface area contributed by atoms with Crippen LogP contribution in [-0.4, -0.2) is 27.8 Å². The molecular weight excluding hydrogens is 411 g/mol. The van der Waals surface area contributed by atoms with Gasteiger partial charge in [0.05, 0.1) is 24.5 Å². The minimum absolute atomic E-state index is 0. The quantitative estimate of drug-likeness (QED) is 0.431. The monoisotopic (exact) mass is 434 g/mol. The van der Waals surface area contributed by atoms with Crippen molar-refractivity contribution in [2.24, 2.45) is 12.0 Å². The van der Waals surface area contributed by atoms with Crippen molar-refractivity contribution in [3.8, 4) is 0 Å². The van der Waals surface area contributed by atoms with E-state index in [-0.39, 0.29) is 24.0 Å². The fraction of sp³-hybridized carbons (Fsp3) is 0.500. The molecule has 2 aromatic heterocycles. The van der Waals surface area contributed by atoms with Crippen molar-refractivity contribution in [3.05, 3.63) is 34.0 Å². The highest BCUT2D eigenvalue weighted by atomic mass is 127. The maximum atomic E-state index is 4.60. The molecule has 0 saturated carbocycles. The van der Waals surface area contributed by atoms with Crippen molar-refractivity contribution in [1.29, 1.82) is 0 Å². The van der Waals surface area contributed by atoms with Crippen molar-refractivity contribution in [3.63, 3.8) is 0 Å². The van der Waals surface area contributed by atoms with Crippen LogP contribution in [0, 0.1) is 0 Å². The summed E-state index contributed by atoms with van der Waals surface area (Å²) in [5.41, 5.74) is 2.25. The van der Waals surface area contributed by atoms with Crippen LogP contribution in [0.15, 0.2) is 22.6 Å². The molecule has 0 spiro atoms. The molecule has 0 bridgehead atoms. The highest BCUT2D eigenvalue weighted by Gasteiger charge is 2.06. The van der Waals surface area contributed by atoms with E-state index in [9.17, 15) is 0 Å². The number of aryl methyl sites for hydroxylation is 1. The molecule has 0 amide bonds. The molecule has 0 fully saturated rings. The van der Waals surface area contributed by atoms with E-state index >= 15 is 0 Å². The number of guanidine groups is 1. The van der Waals surface area contributed by atoms with Gasteiger partial charge >= 0.3 is 0 Å². The van der Waals surface area contributed by atoms with Gasteiger partial charge in [0.15, 0.2) is 5.96 Å². The fourth-order valence-electron chi connectivity index (χ4n) is 1.80. The molecule has 2 N–H and O–H groups in total. The molecule has 0 unspecified atom stereocenters. The van der Waals surface area contributed by atoms with E-state index in [1.807, 2.05) is 17.8 Å². The average Bonchev–Trinajstić information content (AvgIpc) is 3.08. The Morgan fingerprint density at radius 1 is 1.36 bits per heavy atom. The molecule has 0 atom stereocenters. The third kappa shape index (κ3) is 5.24. The lowest BCUT2D eigenvalue weighted by Gasteiger charge is -2.11. The van der Waals surface area contributed by atoms with Gasteiger partial charge < -0.3 is 10.6 Å². The van der Waals surface area contributed by atoms with E-state index in [1.165, 1.54) is 0 Å². The first-order chi connectivity index (χ1) is 10.1. The number of nitrogens with zero attached hydrogens (tertiary/aromatic N) is 4. The maximum Gasteiger partial charge on any atom is 0.191 e. The summed E-state index contributed by atoms with van der Waals surface area (Å²) < 4.78 is 1.84. The van der Waals surface area contributed by atoms with Crippen LogP contribution in [0.3, 0.4) is 0 Å². The van der Waals surface area contributed by atoms with Gasteiger partial charge in [-0.25, -0.2) is 4.98 Å². The highest BCUT2D eigenvalue weighted by molar-refractivity contribution is 14.0. The van der Waals surface area contributed by atoms with Crippen LogP contribution in [0.4, 0.5) is 0 Å². The molecule has 0 radical (unpaired) electrons. The Bertz CT molecular complexity index is 604. The number of rotatable bonds is 5. The fourth-order valence-corrected chi connectivity index (χ4v) is 2.70. The first-order valence-corrected chi connectivity index (χ1v) is 7.83. The molecule has 22 heavy (non-hydrogen) atoms. The Balaban J connectivity index is 0.00000242. The lowest BCUT2D eigenvalue weighted by molar-refractivity contribution is 0.684. The molecule has 0 aliphatic heterocycles. The summed E-state index contributed by atoms with van der Waals surface area (Å²) in [6, 6.07) is 1.98. The Morgan fingerprint density at radius 2 is 2.09 bits per heavy atom. The van der Waals surface area contributed by atoms with E-state index in [1.54, 1.807) is 24.6 Å². The molecule has 6 nitrogen and oxygen atoms in total. The van der Waals surface area contributed by atoms with Crippen LogP contribution in [0.25, 0.3) is 0 Å². The molecule has 0 aromatic carbocycles. The van der Waals surface area contributed by atoms with Crippen LogP contribution >= 0.6 is 35.3 Å². The number of thiazole rings is 1. The van der Waals surface area contributed by atoms with Gasteiger partial charge in [-0.1, -0.05) is 13.8 Å². The summed E-state index contributed by atoms with van der Waals surface area (Å²) >= 11 is 1.68. The molecule has 2 rings (SSSR count). The smallest absolute Gasteiger partial charge is 0.191 e. The van der Waals surface area contributed by atoms with Gasteiger partial charge in [0, 0.05) is 25.7 Å². The van der Waals surface area contributed by atoms with E-state index < -0.39 is 0 Å². The van der Waals surface area contributed by atoms with Crippen LogP contribution < -0.4 is 10.6 Å². The first kappa shape index (κ1) is 18.9. The zero-order valence-electron chi connectivity index (χ0n) is 13.3. The van der Waals surface area contributed by atoms with Crippen molar-refractivity contribution in [2.75, 3.05) is 7.05 Å². The van der Waals surface area contributed by atoms with E-state index in [0.29, 0.717) is 19.0 Å². The molecule has 0 aliphatic rings. The molecule has 122 valence electrons. The Morgan fingerprint density at radius 3 is 2.64 bits per heavy atom. The standard InChI is InChI=1S/C14H22N6S.HI/c1-10(2)12-9-21-13(19-12)8-17-14(15-3)16-7-11-5-6-18-20(11)4;/h5-6,9-10H,7-8H2,1-4H3,(H2,15,16,17);1H. The van der Waals surface area contributed by atoms with Crippen molar-refractivity contribution in [1.82, 2.24) is 25.4 Å². The van der Waals surface area contributed by atoms with Crippen LogP contribution in [-0.2, 0) is 20.1 Å². The second-order valence-corrected chi connectivity index (χ2v) is 5.99. The SMILES string of the molecule is CN=C(NCc1nc(C(C)C)cs1)NCc1ccnn1C.I. The normalized spacial score (nSPS) is 11.4. The zero-order chi connectivity index (χ0) is 15.2. The second-order valence-electron chi connectivity index (χ2n) is 5.05. The summed E-state index contributed by atoms with van der Waals surface area (Å²) in [5.74, 6) is 1.23. The number of nitrogens with one attached hydrogen (secondary N) is 2. The topological polar surface area (TPSA) is 67.1 Å². The summed E-state index contributed by atoms with van der Waals surface area (Å²) in [5, 5.41) is 13.9. The summed E-state index contributed by atoms with van der Waals surface area (Å²) in [7, 11) is 3.69. The molecule has 0 aliphatic carbocycles. The molecule has 8 heteroatoms. The Kier molecular flexibility index (Phi) is 7.80. The van der Waals surface area contributed by atoms with Crippen molar-refractivity contribution in [2.45, 2.75) is 32.9 Å². The molecule has 0 saturated heterocycles. The highest BCUT2D eigenvalue weighted by Crippen LogP contribution is 2.17. The molecule has 2 heterocycles. The number of halogens is 1. The largest absolute Gasteiger partial charge is 0.351 e. The predicted octanol–water partition coefficient (Wildman–Crippen LogP) is 2.48. The van der Waals surface area contributed by atoms with Crippen molar-refractivity contribution >= 4 is 41.3 Å². The molecular formula is C14H23IN6S. The van der Waals surface area contributed by atoms with E-state index in [2.05, 4.69) is 44.9 Å². The minimum Gasteiger partial charge on any atom is -0.351 e. The third-order valence-corrected chi connectivity index (χ3v) is 4.02. The van der Waals surface area contributed by atoms with E-state index in [0.717, 1.165) is 22.4 Å². The minimum atomic E-state index is 0. The first-order valence-electron chi connectivity index (χ1n) is 6.96. The van der Waals surface area contributed by atoms with Gasteiger partial charge in [0.2, 0.25) is 0 Å². The Labute approximate surface area is 152 Å². The number of hydrogen-bond donors (Lipinski definition) is 2. The van der Waals surface area contributed by atoms with Crippen LogP contribution in [0.1, 0.15) is 36.2 Å². The lowest BCUT2D eigenvalue weighted by Crippen LogP contribution is -2.36. The van der Waals surface area contributed by atoms with Gasteiger partial charge in [0.1, 0.15) is 5.01 Å². The van der Waals surface area contributed by atoms with Gasteiger partial charge in [0.25, 0.3) is 0 Å². The number of aromatic nitrogens is 3. The summed E-state index contributed by atoms with van der Waals surface area (Å²) in [6.45, 7) is 5.68.